The minimum Gasteiger partial charge on any atom is -0.496 e. The number of hydrogen-bond donors (Lipinski definition) is 2. The average molecular weight is 1180 g/mol. The maximum Gasteiger partial charge on any atom is 0.333 e. The van der Waals surface area contributed by atoms with Crippen molar-refractivity contribution in [3.05, 3.63) is 121 Å². The predicted molar refractivity (Wildman–Crippen MR) is 299 cm³/mol. The predicted octanol–water partition coefficient (Wildman–Crippen LogP) is 8.94. The summed E-state index contributed by atoms with van der Waals surface area (Å²) in [6.07, 6.45) is 4.06. The van der Waals surface area contributed by atoms with Gasteiger partial charge < -0.3 is 38.6 Å². The highest BCUT2D eigenvalue weighted by molar-refractivity contribution is 9.11. The normalized spacial score (nSPS) is 20.9. The molecule has 6 aromatic rings. The molecule has 0 bridgehead atoms. The summed E-state index contributed by atoms with van der Waals surface area (Å²) in [6.45, 7) is 5.97. The summed E-state index contributed by atoms with van der Waals surface area (Å²) in [5, 5.41) is 22.9. The van der Waals surface area contributed by atoms with Crippen molar-refractivity contribution in [3.63, 3.8) is 0 Å². The van der Waals surface area contributed by atoms with Gasteiger partial charge in [-0.3, -0.25) is 18.7 Å². The number of hydrogen-bond acceptors (Lipinski definition) is 14. The van der Waals surface area contributed by atoms with Gasteiger partial charge in [-0.2, -0.15) is 0 Å². The van der Waals surface area contributed by atoms with Crippen LogP contribution < -0.4 is 32.0 Å². The molecule has 4 atom stereocenters. The number of carbonyl (C=O) groups is 2. The van der Waals surface area contributed by atoms with Crippen molar-refractivity contribution in [2.45, 2.75) is 146 Å². The average Bonchev–Trinajstić information content (AvgIpc) is 4.23. The third kappa shape index (κ3) is 9.92. The summed E-state index contributed by atoms with van der Waals surface area (Å²) in [7, 11) is 4.70. The van der Waals surface area contributed by atoms with Crippen LogP contribution in [0.5, 0.6) is 11.5 Å². The molecule has 2 aromatic carbocycles. The van der Waals surface area contributed by atoms with Crippen molar-refractivity contribution in [1.29, 1.82) is 0 Å². The summed E-state index contributed by atoms with van der Waals surface area (Å²) in [5.74, 6) is -2.14. The first kappa shape index (κ1) is 55.9. The minimum atomic E-state index is -1.96. The molecule has 0 spiro atoms. The number of benzene rings is 2. The Morgan fingerprint density at radius 2 is 1.32 bits per heavy atom. The number of ether oxygens (including phenoxy) is 6. The fourth-order valence-corrected chi connectivity index (χ4v) is 15.9. The lowest BCUT2D eigenvalue weighted by Crippen LogP contribution is -2.54. The lowest BCUT2D eigenvalue weighted by atomic mass is 9.82. The van der Waals surface area contributed by atoms with Crippen LogP contribution >= 0.6 is 38.6 Å². The molecule has 0 amide bonds. The van der Waals surface area contributed by atoms with E-state index >= 15 is 14.4 Å². The standard InChI is InChI=1S/C57H67BrN4O14S2/c1-32-44(31-71-3)77-50-45(32)48(63)61(56(52(65)66)19-8-9-20-56)54(69)59(50)29-37(26-34-15-22-74-23-16-34)40-27-35(12-13-42(40)73-5)36-14-21-57(28-36,53(67)68)62-49(64)46-33(2)47(58)78-51(46)60(55(62)70)30-43(76-38-17-24-75-25-18-38)39-10-6-7-11-41(39)72-4/h6-7,10-13,27,34,36-38,43H,8-9,14-26,28-31H2,1-5H3,(H,65,66)(H,67,68)/t36?,37-,43-,57?/m0/s1. The highest BCUT2D eigenvalue weighted by Gasteiger charge is 2.51. The van der Waals surface area contributed by atoms with Gasteiger partial charge in [-0.15, -0.1) is 22.7 Å². The molecule has 10 rings (SSSR count). The molecule has 2 saturated heterocycles. The number of thiophene rings is 2. The first-order chi connectivity index (χ1) is 37.6. The Hall–Kier alpha value is -5.42. The number of carboxylic acids is 2. The molecule has 0 radical (unpaired) electrons. The van der Waals surface area contributed by atoms with Gasteiger partial charge in [0, 0.05) is 56.4 Å². The topological polar surface area (TPSA) is 218 Å². The van der Waals surface area contributed by atoms with Gasteiger partial charge in [-0.25, -0.2) is 28.3 Å². The van der Waals surface area contributed by atoms with Gasteiger partial charge in [0.1, 0.15) is 32.8 Å². The number of methoxy groups -OCH3 is 3. The molecular formula is C57H67BrN4O14S2. The van der Waals surface area contributed by atoms with Crippen LogP contribution in [0.3, 0.4) is 0 Å². The SMILES string of the molecule is COCc1sc2c(c1C)c(=O)n(C1(C(=O)O)CCCC1)c(=O)n2C[C@H](CC1CCOCC1)c1cc(C2CCC(C(=O)O)(n3c(=O)c4c(C)c(Br)sc4n(C[C@H](OC4CCOCC4)c4ccccc4OC)c3=O)C2)ccc1OC. The van der Waals surface area contributed by atoms with Crippen LogP contribution in [0.1, 0.15) is 128 Å². The van der Waals surface area contributed by atoms with E-state index in [0.717, 1.165) is 38.0 Å². The molecule has 2 aliphatic carbocycles. The summed E-state index contributed by atoms with van der Waals surface area (Å²) in [6, 6.07) is 13.2. The summed E-state index contributed by atoms with van der Waals surface area (Å²) >= 11 is 6.17. The summed E-state index contributed by atoms with van der Waals surface area (Å²) < 4.78 is 41.4. The second kappa shape index (κ2) is 23.0. The second-order valence-electron chi connectivity index (χ2n) is 21.5. The number of fused-ring (bicyclic) bond motifs is 2. The largest absolute Gasteiger partial charge is 0.496 e. The third-order valence-corrected chi connectivity index (χ3v) is 20.7. The number of carboxylic acid groups (broad SMARTS) is 2. The van der Waals surface area contributed by atoms with Gasteiger partial charge in [0.25, 0.3) is 11.1 Å². The zero-order chi connectivity index (χ0) is 55.2. The molecule has 21 heteroatoms. The lowest BCUT2D eigenvalue weighted by molar-refractivity contribution is -0.148. The van der Waals surface area contributed by atoms with Crippen molar-refractivity contribution in [2.24, 2.45) is 5.92 Å². The van der Waals surface area contributed by atoms with Crippen molar-refractivity contribution in [2.75, 3.05) is 47.8 Å². The summed E-state index contributed by atoms with van der Waals surface area (Å²) in [4.78, 5) is 89.5. The van der Waals surface area contributed by atoms with Crippen LogP contribution in [0.4, 0.5) is 0 Å². The first-order valence-electron chi connectivity index (χ1n) is 26.9. The van der Waals surface area contributed by atoms with Crippen LogP contribution in [0.2, 0.25) is 0 Å². The molecule has 4 aliphatic rings. The maximum atomic E-state index is 15.5. The van der Waals surface area contributed by atoms with E-state index in [1.54, 1.807) is 32.8 Å². The highest BCUT2D eigenvalue weighted by atomic mass is 79.9. The van der Waals surface area contributed by atoms with E-state index < -0.39 is 63.5 Å². The van der Waals surface area contributed by atoms with Crippen LogP contribution in [0, 0.1) is 19.8 Å². The van der Waals surface area contributed by atoms with E-state index in [1.165, 1.54) is 27.2 Å². The van der Waals surface area contributed by atoms with Gasteiger partial charge in [-0.1, -0.05) is 43.2 Å². The minimum absolute atomic E-state index is 0.0266. The number of nitrogens with zero attached hydrogens (tertiary/aromatic N) is 4. The Morgan fingerprint density at radius 3 is 1.96 bits per heavy atom. The van der Waals surface area contributed by atoms with Gasteiger partial charge >= 0.3 is 23.3 Å². The van der Waals surface area contributed by atoms with E-state index in [9.17, 15) is 24.6 Å². The van der Waals surface area contributed by atoms with Crippen molar-refractivity contribution < 1.29 is 48.2 Å². The second-order valence-corrected chi connectivity index (χ2v) is 24.9. The Labute approximate surface area is 466 Å². The summed E-state index contributed by atoms with van der Waals surface area (Å²) in [5.41, 5.74) is -2.98. The lowest BCUT2D eigenvalue weighted by Gasteiger charge is -2.31. The van der Waals surface area contributed by atoms with Gasteiger partial charge in [0.15, 0.2) is 5.54 Å². The molecule has 418 valence electrons. The Morgan fingerprint density at radius 1 is 0.731 bits per heavy atom. The molecule has 2 saturated carbocycles. The van der Waals surface area contributed by atoms with Gasteiger partial charge in [0.05, 0.1) is 48.0 Å². The van der Waals surface area contributed by atoms with Crippen LogP contribution in [0.25, 0.3) is 20.4 Å². The number of rotatable bonds is 19. The Balaban J connectivity index is 1.08. The molecular weight excluding hydrogens is 1110 g/mol. The zero-order valence-electron chi connectivity index (χ0n) is 44.6. The van der Waals surface area contributed by atoms with Gasteiger partial charge in [-0.05, 0) is 140 Å². The Bertz CT molecular complexity index is 3500. The number of aliphatic carboxylic acids is 2. The Kier molecular flexibility index (Phi) is 16.5. The number of aryl methyl sites for hydroxylation is 2. The fourth-order valence-electron chi connectivity index (χ4n) is 12.9. The molecule has 2 N–H and O–H groups in total. The van der Waals surface area contributed by atoms with E-state index in [4.69, 9.17) is 28.4 Å². The van der Waals surface area contributed by atoms with E-state index in [-0.39, 0.29) is 62.8 Å². The van der Waals surface area contributed by atoms with E-state index in [2.05, 4.69) is 15.9 Å². The molecule has 2 unspecified atom stereocenters. The van der Waals surface area contributed by atoms with Crippen LogP contribution in [-0.4, -0.2) is 94.3 Å². The van der Waals surface area contributed by atoms with Crippen molar-refractivity contribution >= 4 is 71.0 Å². The number of para-hydroxylation sites is 1. The third-order valence-electron chi connectivity index (χ3n) is 17.2. The van der Waals surface area contributed by atoms with Crippen LogP contribution in [0.15, 0.2) is 65.4 Å². The van der Waals surface area contributed by atoms with Gasteiger partial charge in [0.2, 0.25) is 0 Å². The smallest absolute Gasteiger partial charge is 0.333 e. The van der Waals surface area contributed by atoms with E-state index in [1.807, 2.05) is 49.4 Å². The van der Waals surface area contributed by atoms with Crippen molar-refractivity contribution in [3.8, 4) is 11.5 Å². The highest BCUT2D eigenvalue weighted by Crippen LogP contribution is 2.48. The number of halogens is 1. The fraction of sp³-hybridized carbons (Fsp3) is 0.544. The zero-order valence-corrected chi connectivity index (χ0v) is 47.9. The molecule has 4 fully saturated rings. The molecule has 78 heavy (non-hydrogen) atoms. The first-order valence-corrected chi connectivity index (χ1v) is 29.3. The molecule has 18 nitrogen and oxygen atoms in total. The molecule has 6 heterocycles. The maximum absolute atomic E-state index is 15.5. The van der Waals surface area contributed by atoms with E-state index in [0.29, 0.717) is 112 Å². The van der Waals surface area contributed by atoms with Crippen LogP contribution in [-0.2, 0) is 59.3 Å². The monoisotopic (exact) mass is 1170 g/mol. The molecule has 2 aliphatic heterocycles. The molecule has 4 aromatic heterocycles. The van der Waals surface area contributed by atoms with Crippen molar-refractivity contribution in [1.82, 2.24) is 18.3 Å². The quantitative estimate of drug-likeness (QED) is 0.0774. The number of aromatic nitrogens is 4.